The molecule has 0 spiro atoms. The van der Waals surface area contributed by atoms with Crippen LogP contribution < -0.4 is 5.73 Å². The van der Waals surface area contributed by atoms with E-state index in [-0.39, 0.29) is 6.54 Å². The third-order valence-corrected chi connectivity index (χ3v) is 4.87. The fourth-order valence-corrected chi connectivity index (χ4v) is 3.41. The zero-order chi connectivity index (χ0) is 25.4. The quantitative estimate of drug-likeness (QED) is 0.220. The summed E-state index contributed by atoms with van der Waals surface area (Å²) in [5, 5.41) is 2.28. The standard InChI is InChI=1S/C10H10F2N2OS.C10H12N2.F4OS/c11-16(12,15)14-6-5-8-7-13-10-4-2-1-3-9(8)10;11-6-5-8-7-12-10-4-2-1-3-9(8)10;1-6(2,3,4)5/h1-4,7,13H,5-6H2;1-4,7,12H,5-6,11H2;. The van der Waals surface area contributed by atoms with Crippen molar-refractivity contribution in [2.45, 2.75) is 12.8 Å². The number of hydrogen-bond acceptors (Lipinski definition) is 4. The van der Waals surface area contributed by atoms with Crippen molar-refractivity contribution in [1.82, 2.24) is 9.97 Å². The van der Waals surface area contributed by atoms with Crippen LogP contribution in [0.3, 0.4) is 0 Å². The number of nitrogens with one attached hydrogen (secondary N) is 2. The van der Waals surface area contributed by atoms with E-state index < -0.39 is 21.1 Å². The first kappa shape index (κ1) is 27.4. The molecule has 0 saturated carbocycles. The summed E-state index contributed by atoms with van der Waals surface area (Å²) in [5.74, 6) is 0. The van der Waals surface area contributed by atoms with Crippen LogP contribution in [0.1, 0.15) is 11.1 Å². The molecule has 6 nitrogen and oxygen atoms in total. The monoisotopic (exact) mass is 528 g/mol. The summed E-state index contributed by atoms with van der Waals surface area (Å²) in [6.07, 6.45) is 5.11. The molecule has 0 aliphatic heterocycles. The number of aromatic amines is 2. The summed E-state index contributed by atoms with van der Waals surface area (Å²) in [6.45, 7) is 0.579. The second kappa shape index (κ2) is 11.1. The molecule has 0 amide bonds. The predicted octanol–water partition coefficient (Wildman–Crippen LogP) is 5.96. The molecule has 14 heteroatoms. The minimum Gasteiger partial charge on any atom is -0.361 e. The lowest BCUT2D eigenvalue weighted by atomic mass is 10.1. The van der Waals surface area contributed by atoms with E-state index >= 15 is 0 Å². The molecule has 4 aromatic rings. The number of nitrogens with two attached hydrogens (primary N) is 1. The normalized spacial score (nSPS) is 12.7. The van der Waals surface area contributed by atoms with Gasteiger partial charge in [0.2, 0.25) is 0 Å². The van der Waals surface area contributed by atoms with E-state index in [1.165, 1.54) is 16.5 Å². The molecule has 4 N–H and O–H groups in total. The van der Waals surface area contributed by atoms with Gasteiger partial charge in [0, 0.05) is 34.2 Å². The van der Waals surface area contributed by atoms with Crippen molar-refractivity contribution in [3.8, 4) is 0 Å². The van der Waals surface area contributed by atoms with E-state index in [0.29, 0.717) is 13.0 Å². The van der Waals surface area contributed by atoms with Gasteiger partial charge in [-0.15, -0.1) is 0 Å². The largest absolute Gasteiger partial charge is 0.456 e. The molecule has 34 heavy (non-hydrogen) atoms. The minimum atomic E-state index is -8.10. The second-order valence-corrected chi connectivity index (χ2v) is 9.11. The summed E-state index contributed by atoms with van der Waals surface area (Å²) in [7, 11) is -13.1. The van der Waals surface area contributed by atoms with E-state index in [2.05, 4.69) is 32.5 Å². The zero-order valence-electron chi connectivity index (χ0n) is 17.5. The number of H-pyrrole nitrogens is 2. The van der Waals surface area contributed by atoms with Gasteiger partial charge in [0.15, 0.2) is 0 Å². The van der Waals surface area contributed by atoms with Gasteiger partial charge in [-0.05, 0) is 42.6 Å². The van der Waals surface area contributed by atoms with Gasteiger partial charge < -0.3 is 15.7 Å². The average Bonchev–Trinajstić information content (AvgIpc) is 3.31. The smallest absolute Gasteiger partial charge is 0.361 e. The molecular formula is C20H22F6N4O2S2. The average molecular weight is 529 g/mol. The topological polar surface area (TPSA) is 104 Å². The van der Waals surface area contributed by atoms with Crippen molar-refractivity contribution in [2.75, 3.05) is 13.1 Å². The Morgan fingerprint density at radius 2 is 1.24 bits per heavy atom. The first-order valence-corrected chi connectivity index (χ1v) is 12.6. The maximum Gasteiger partial charge on any atom is 0.456 e. The van der Waals surface area contributed by atoms with Gasteiger partial charge in [-0.1, -0.05) is 59.7 Å². The third kappa shape index (κ3) is 10.4. The van der Waals surface area contributed by atoms with Gasteiger partial charge in [-0.3, -0.25) is 0 Å². The van der Waals surface area contributed by atoms with E-state index in [1.54, 1.807) is 6.20 Å². The number of fused-ring (bicyclic) bond motifs is 2. The molecule has 2 aromatic carbocycles. The third-order valence-electron chi connectivity index (χ3n) is 4.39. The Hall–Kier alpha value is -2.84. The first-order valence-electron chi connectivity index (χ1n) is 9.68. The van der Waals surface area contributed by atoms with Crippen molar-refractivity contribution < 1.29 is 31.7 Å². The lowest BCUT2D eigenvalue weighted by Crippen LogP contribution is -2.01. The number of para-hydroxylation sites is 2. The van der Waals surface area contributed by atoms with Crippen LogP contribution in [0.4, 0.5) is 23.3 Å². The van der Waals surface area contributed by atoms with Crippen LogP contribution in [-0.4, -0.2) is 31.5 Å². The molecule has 2 aromatic heterocycles. The Balaban J connectivity index is 0.000000200. The molecule has 0 saturated heterocycles. The SMILES string of the molecule is NCCc1c[nH]c2ccccc12.O=S(F)(F)(F)F.O=S(F)(F)=NCCc1c[nH]c2ccccc12. The fraction of sp³-hybridized carbons (Fsp3) is 0.200. The van der Waals surface area contributed by atoms with Gasteiger partial charge in [0.1, 0.15) is 0 Å². The predicted molar refractivity (Wildman–Crippen MR) is 123 cm³/mol. The van der Waals surface area contributed by atoms with E-state index in [4.69, 9.17) is 9.94 Å². The molecule has 4 rings (SSSR count). The van der Waals surface area contributed by atoms with Gasteiger partial charge >= 0.3 is 21.1 Å². The zero-order valence-corrected chi connectivity index (χ0v) is 19.2. The highest BCUT2D eigenvalue weighted by Gasteiger charge is 2.33. The lowest BCUT2D eigenvalue weighted by Gasteiger charge is -1.95. The Kier molecular flexibility index (Phi) is 8.91. The van der Waals surface area contributed by atoms with Gasteiger partial charge in [0.25, 0.3) is 0 Å². The van der Waals surface area contributed by atoms with Crippen LogP contribution in [0.5, 0.6) is 0 Å². The number of aromatic nitrogens is 2. The lowest BCUT2D eigenvalue weighted by molar-refractivity contribution is 0.403. The van der Waals surface area contributed by atoms with Crippen LogP contribution in [0.25, 0.3) is 21.8 Å². The minimum absolute atomic E-state index is 0.131. The Bertz CT molecular complexity index is 1390. The van der Waals surface area contributed by atoms with E-state index in [1.807, 2.05) is 36.5 Å². The summed E-state index contributed by atoms with van der Waals surface area (Å²) < 4.78 is 84.8. The van der Waals surface area contributed by atoms with Crippen molar-refractivity contribution in [2.24, 2.45) is 10.1 Å². The molecular weight excluding hydrogens is 506 g/mol. The highest BCUT2D eigenvalue weighted by atomic mass is 32.4. The van der Waals surface area contributed by atoms with Crippen LogP contribution in [0.15, 0.2) is 65.3 Å². The van der Waals surface area contributed by atoms with Crippen molar-refractivity contribution in [1.29, 1.82) is 0 Å². The van der Waals surface area contributed by atoms with Gasteiger partial charge in [-0.25, -0.2) is 0 Å². The number of nitrogens with zero attached hydrogens (tertiary/aromatic N) is 1. The number of rotatable bonds is 5. The number of benzene rings is 2. The summed E-state index contributed by atoms with van der Waals surface area (Å²) in [4.78, 5) is 6.25. The van der Waals surface area contributed by atoms with E-state index in [0.717, 1.165) is 22.9 Å². The number of hydrogen-bond donors (Lipinski definition) is 3. The summed E-state index contributed by atoms with van der Waals surface area (Å²) >= 11 is 0. The Morgan fingerprint density at radius 1 is 0.824 bits per heavy atom. The molecule has 188 valence electrons. The van der Waals surface area contributed by atoms with Crippen LogP contribution in [0.2, 0.25) is 0 Å². The molecule has 0 atom stereocenters. The second-order valence-electron chi connectivity index (χ2n) is 6.86. The van der Waals surface area contributed by atoms with Crippen LogP contribution in [0, 0.1) is 0 Å². The molecule has 0 radical (unpaired) electrons. The number of halogens is 6. The Morgan fingerprint density at radius 3 is 1.65 bits per heavy atom. The molecule has 0 unspecified atom stereocenters. The summed E-state index contributed by atoms with van der Waals surface area (Å²) in [5.41, 5.74) is 9.87. The maximum atomic E-state index is 12.0. The first-order chi connectivity index (χ1) is 15.7. The van der Waals surface area contributed by atoms with Gasteiger partial charge in [0.05, 0.1) is 6.54 Å². The maximum absolute atomic E-state index is 12.0. The van der Waals surface area contributed by atoms with Crippen molar-refractivity contribution >= 4 is 42.9 Å². The highest BCUT2D eigenvalue weighted by Crippen LogP contribution is 2.31. The molecule has 0 aliphatic carbocycles. The fourth-order valence-electron chi connectivity index (χ4n) is 3.10. The van der Waals surface area contributed by atoms with Crippen LogP contribution >= 0.6 is 0 Å². The molecule has 0 bridgehead atoms. The van der Waals surface area contributed by atoms with Crippen LogP contribution in [-0.2, 0) is 34.0 Å². The van der Waals surface area contributed by atoms with Crippen molar-refractivity contribution in [3.05, 3.63) is 72.1 Å². The molecule has 2 heterocycles. The highest BCUT2D eigenvalue weighted by molar-refractivity contribution is 8.01. The summed E-state index contributed by atoms with van der Waals surface area (Å²) in [6, 6.07) is 15.9. The van der Waals surface area contributed by atoms with E-state index in [9.17, 15) is 27.5 Å². The van der Waals surface area contributed by atoms with Gasteiger partial charge in [-0.2, -0.15) is 12.8 Å². The Labute approximate surface area is 192 Å². The molecule has 0 aliphatic rings. The molecule has 0 fully saturated rings. The van der Waals surface area contributed by atoms with Crippen molar-refractivity contribution in [3.63, 3.8) is 0 Å².